The highest BCUT2D eigenvalue weighted by Gasteiger charge is 2.34. The number of aromatic amines is 1. The van der Waals surface area contributed by atoms with Gasteiger partial charge in [-0.15, -0.1) is 0 Å². The van der Waals surface area contributed by atoms with E-state index in [4.69, 9.17) is 5.73 Å². The van der Waals surface area contributed by atoms with Crippen molar-refractivity contribution in [1.29, 1.82) is 0 Å². The standard InChI is InChI=1S/C14H16N4O2/c1-14(13(15)20,10-5-3-2-4-6-10)17-12(19)9-11-7-8-16-18-11/h2-8H,9H2,1H3,(H2,15,20)(H,16,18)(H,17,19). The maximum atomic E-state index is 12.0. The molecule has 0 saturated heterocycles. The molecule has 1 unspecified atom stereocenters. The zero-order valence-corrected chi connectivity index (χ0v) is 11.1. The molecule has 1 heterocycles. The summed E-state index contributed by atoms with van der Waals surface area (Å²) in [6, 6.07) is 10.6. The number of nitrogens with two attached hydrogens (primary N) is 1. The molecule has 0 bridgehead atoms. The van der Waals surface area contributed by atoms with Gasteiger partial charge in [0.1, 0.15) is 5.54 Å². The van der Waals surface area contributed by atoms with Crippen molar-refractivity contribution in [1.82, 2.24) is 15.5 Å². The molecule has 2 rings (SSSR count). The lowest BCUT2D eigenvalue weighted by molar-refractivity contribution is -0.131. The van der Waals surface area contributed by atoms with E-state index < -0.39 is 11.4 Å². The minimum atomic E-state index is -1.24. The first-order valence-corrected chi connectivity index (χ1v) is 6.17. The largest absolute Gasteiger partial charge is 0.367 e. The minimum absolute atomic E-state index is 0.107. The Bertz CT molecular complexity index is 595. The van der Waals surface area contributed by atoms with Crippen LogP contribution in [0.1, 0.15) is 18.2 Å². The summed E-state index contributed by atoms with van der Waals surface area (Å²) >= 11 is 0. The lowest BCUT2D eigenvalue weighted by atomic mass is 9.91. The van der Waals surface area contributed by atoms with Gasteiger partial charge in [-0.2, -0.15) is 5.10 Å². The van der Waals surface area contributed by atoms with Gasteiger partial charge >= 0.3 is 0 Å². The van der Waals surface area contributed by atoms with E-state index in [1.807, 2.05) is 6.07 Å². The number of nitrogens with one attached hydrogen (secondary N) is 2. The number of hydrogen-bond donors (Lipinski definition) is 3. The van der Waals surface area contributed by atoms with Gasteiger partial charge < -0.3 is 11.1 Å². The maximum Gasteiger partial charge on any atom is 0.247 e. The lowest BCUT2D eigenvalue weighted by Gasteiger charge is -2.27. The number of carbonyl (C=O) groups excluding carboxylic acids is 2. The highest BCUT2D eigenvalue weighted by atomic mass is 16.2. The van der Waals surface area contributed by atoms with Crippen LogP contribution in [0.5, 0.6) is 0 Å². The molecule has 2 amide bonds. The summed E-state index contributed by atoms with van der Waals surface area (Å²) in [5.74, 6) is -0.916. The molecule has 0 spiro atoms. The van der Waals surface area contributed by atoms with Gasteiger partial charge in [0.2, 0.25) is 11.8 Å². The smallest absolute Gasteiger partial charge is 0.247 e. The third-order valence-electron chi connectivity index (χ3n) is 3.14. The Morgan fingerprint density at radius 1 is 1.30 bits per heavy atom. The Morgan fingerprint density at radius 3 is 2.55 bits per heavy atom. The van der Waals surface area contributed by atoms with Crippen molar-refractivity contribution in [2.45, 2.75) is 18.9 Å². The number of amides is 2. The number of hydrogen-bond acceptors (Lipinski definition) is 3. The van der Waals surface area contributed by atoms with Crippen LogP contribution in [-0.2, 0) is 21.5 Å². The van der Waals surface area contributed by atoms with E-state index >= 15 is 0 Å². The monoisotopic (exact) mass is 272 g/mol. The van der Waals surface area contributed by atoms with E-state index in [1.165, 1.54) is 0 Å². The van der Waals surface area contributed by atoms with Crippen LogP contribution in [0.3, 0.4) is 0 Å². The van der Waals surface area contributed by atoms with Crippen LogP contribution in [0.15, 0.2) is 42.6 Å². The zero-order valence-electron chi connectivity index (χ0n) is 11.1. The highest BCUT2D eigenvalue weighted by Crippen LogP contribution is 2.20. The van der Waals surface area contributed by atoms with Crippen molar-refractivity contribution in [2.24, 2.45) is 5.73 Å². The Kier molecular flexibility index (Phi) is 3.84. The summed E-state index contributed by atoms with van der Waals surface area (Å²) in [4.78, 5) is 23.8. The van der Waals surface area contributed by atoms with Crippen molar-refractivity contribution in [3.8, 4) is 0 Å². The normalized spacial score (nSPS) is 13.4. The summed E-state index contributed by atoms with van der Waals surface area (Å²) in [5.41, 5.74) is 5.53. The van der Waals surface area contributed by atoms with Crippen LogP contribution in [0.4, 0.5) is 0 Å². The second-order valence-corrected chi connectivity index (χ2v) is 4.66. The third-order valence-corrected chi connectivity index (χ3v) is 3.14. The summed E-state index contributed by atoms with van der Waals surface area (Å²) in [6.45, 7) is 1.59. The first-order valence-electron chi connectivity index (χ1n) is 6.17. The van der Waals surface area contributed by atoms with Gasteiger partial charge in [0.05, 0.1) is 6.42 Å². The van der Waals surface area contributed by atoms with Crippen molar-refractivity contribution in [3.05, 3.63) is 53.9 Å². The van der Waals surface area contributed by atoms with Crippen molar-refractivity contribution in [3.63, 3.8) is 0 Å². The SMILES string of the molecule is CC(NC(=O)Cc1ccn[nH]1)(C(N)=O)c1ccccc1. The number of benzene rings is 1. The van der Waals surface area contributed by atoms with E-state index in [-0.39, 0.29) is 12.3 Å². The summed E-state index contributed by atoms with van der Waals surface area (Å²) in [7, 11) is 0. The molecule has 6 nitrogen and oxygen atoms in total. The number of nitrogens with zero attached hydrogens (tertiary/aromatic N) is 1. The van der Waals surface area contributed by atoms with Crippen LogP contribution >= 0.6 is 0 Å². The Hall–Kier alpha value is -2.63. The van der Waals surface area contributed by atoms with E-state index in [9.17, 15) is 9.59 Å². The van der Waals surface area contributed by atoms with Gasteiger partial charge in [0.25, 0.3) is 0 Å². The van der Waals surface area contributed by atoms with Crippen molar-refractivity contribution >= 4 is 11.8 Å². The first kappa shape index (κ1) is 13.8. The Morgan fingerprint density at radius 2 is 2.00 bits per heavy atom. The molecule has 1 aromatic heterocycles. The van der Waals surface area contributed by atoms with Crippen molar-refractivity contribution in [2.75, 3.05) is 0 Å². The van der Waals surface area contributed by atoms with Gasteiger partial charge in [-0.1, -0.05) is 30.3 Å². The molecule has 2 aromatic rings. The summed E-state index contributed by atoms with van der Waals surface area (Å²) in [6.07, 6.45) is 1.67. The maximum absolute atomic E-state index is 12.0. The molecule has 0 saturated carbocycles. The van der Waals surface area contributed by atoms with Crippen LogP contribution in [0.25, 0.3) is 0 Å². The topological polar surface area (TPSA) is 101 Å². The Labute approximate surface area is 116 Å². The van der Waals surface area contributed by atoms with Gasteiger partial charge in [0, 0.05) is 11.9 Å². The molecular weight excluding hydrogens is 256 g/mol. The molecule has 1 atom stereocenters. The van der Waals surface area contributed by atoms with Gasteiger partial charge in [0.15, 0.2) is 0 Å². The number of primary amides is 1. The number of rotatable bonds is 5. The van der Waals surface area contributed by atoms with Crippen LogP contribution in [0.2, 0.25) is 0 Å². The van der Waals surface area contributed by atoms with Crippen LogP contribution < -0.4 is 11.1 Å². The van der Waals surface area contributed by atoms with Gasteiger partial charge in [-0.05, 0) is 18.6 Å². The third kappa shape index (κ3) is 2.85. The first-order chi connectivity index (χ1) is 9.52. The van der Waals surface area contributed by atoms with E-state index in [0.29, 0.717) is 11.3 Å². The highest BCUT2D eigenvalue weighted by molar-refractivity contribution is 5.91. The second kappa shape index (κ2) is 5.56. The molecule has 0 aliphatic rings. The number of H-pyrrole nitrogens is 1. The van der Waals surface area contributed by atoms with E-state index in [2.05, 4.69) is 15.5 Å². The zero-order chi connectivity index (χ0) is 14.6. The Balaban J connectivity index is 2.18. The molecule has 0 radical (unpaired) electrons. The molecule has 1 aromatic carbocycles. The molecule has 0 aliphatic heterocycles. The fraction of sp³-hybridized carbons (Fsp3) is 0.214. The molecular formula is C14H16N4O2. The van der Waals surface area contributed by atoms with Crippen LogP contribution in [-0.4, -0.2) is 22.0 Å². The quantitative estimate of drug-likeness (QED) is 0.737. The van der Waals surface area contributed by atoms with E-state index in [0.717, 1.165) is 0 Å². The van der Waals surface area contributed by atoms with Gasteiger partial charge in [-0.25, -0.2) is 0 Å². The number of aromatic nitrogens is 2. The number of carbonyl (C=O) groups is 2. The average Bonchev–Trinajstić information content (AvgIpc) is 2.92. The molecule has 0 fully saturated rings. The second-order valence-electron chi connectivity index (χ2n) is 4.66. The molecule has 6 heteroatoms. The summed E-state index contributed by atoms with van der Waals surface area (Å²) in [5, 5.41) is 9.15. The predicted octanol–water partition coefficient (Wildman–Crippen LogP) is 0.469. The van der Waals surface area contributed by atoms with E-state index in [1.54, 1.807) is 43.5 Å². The minimum Gasteiger partial charge on any atom is -0.367 e. The molecule has 104 valence electrons. The van der Waals surface area contributed by atoms with Crippen LogP contribution in [0, 0.1) is 0 Å². The molecule has 20 heavy (non-hydrogen) atoms. The molecule has 4 N–H and O–H groups in total. The predicted molar refractivity (Wildman–Crippen MR) is 73.4 cm³/mol. The lowest BCUT2D eigenvalue weighted by Crippen LogP contribution is -2.53. The average molecular weight is 272 g/mol. The fourth-order valence-corrected chi connectivity index (χ4v) is 1.93. The fourth-order valence-electron chi connectivity index (χ4n) is 1.93. The molecule has 0 aliphatic carbocycles. The summed E-state index contributed by atoms with van der Waals surface area (Å²) < 4.78 is 0. The van der Waals surface area contributed by atoms with Gasteiger partial charge in [-0.3, -0.25) is 14.7 Å². The van der Waals surface area contributed by atoms with Crippen molar-refractivity contribution < 1.29 is 9.59 Å².